The van der Waals surface area contributed by atoms with Crippen molar-refractivity contribution in [3.8, 4) is 0 Å². The standard InChI is InChI=1S/C15H18N2/c1-3-4-7-12(2)10-11-15-16-13-8-5-6-9-14(13)17-15/h3-11,15-17H,1-2H3/b4-3-,11-10+,12-7+. The van der Waals surface area contributed by atoms with Crippen LogP contribution >= 0.6 is 0 Å². The van der Waals surface area contributed by atoms with Gasteiger partial charge in [0.25, 0.3) is 0 Å². The molecule has 0 unspecified atom stereocenters. The predicted octanol–water partition coefficient (Wildman–Crippen LogP) is 3.93. The molecule has 88 valence electrons. The van der Waals surface area contributed by atoms with Crippen LogP contribution in [0.3, 0.4) is 0 Å². The van der Waals surface area contributed by atoms with Gasteiger partial charge in [0.15, 0.2) is 0 Å². The first-order valence-electron chi connectivity index (χ1n) is 5.89. The summed E-state index contributed by atoms with van der Waals surface area (Å²) in [6.07, 6.45) is 10.6. The summed E-state index contributed by atoms with van der Waals surface area (Å²) in [7, 11) is 0. The number of benzene rings is 1. The molecule has 2 N–H and O–H groups in total. The highest BCUT2D eigenvalue weighted by Gasteiger charge is 2.15. The number of anilines is 2. The molecule has 0 saturated carbocycles. The van der Waals surface area contributed by atoms with Crippen molar-refractivity contribution in [3.05, 3.63) is 60.2 Å². The van der Waals surface area contributed by atoms with Crippen molar-refractivity contribution in [2.45, 2.75) is 20.0 Å². The largest absolute Gasteiger partial charge is 0.360 e. The van der Waals surface area contributed by atoms with Crippen LogP contribution in [0.4, 0.5) is 11.4 Å². The van der Waals surface area contributed by atoms with Gasteiger partial charge in [-0.2, -0.15) is 0 Å². The van der Waals surface area contributed by atoms with Gasteiger partial charge >= 0.3 is 0 Å². The molecular formula is C15H18N2. The molecule has 0 fully saturated rings. The van der Waals surface area contributed by atoms with Gasteiger partial charge < -0.3 is 10.6 Å². The van der Waals surface area contributed by atoms with E-state index in [4.69, 9.17) is 0 Å². The number of allylic oxidation sites excluding steroid dienone is 5. The van der Waals surface area contributed by atoms with E-state index in [0.29, 0.717) is 0 Å². The fourth-order valence-electron chi connectivity index (χ4n) is 1.75. The zero-order valence-corrected chi connectivity index (χ0v) is 10.3. The van der Waals surface area contributed by atoms with Gasteiger partial charge in [-0.25, -0.2) is 0 Å². The van der Waals surface area contributed by atoms with Gasteiger partial charge in [-0.15, -0.1) is 0 Å². The number of hydrogen-bond donors (Lipinski definition) is 2. The van der Waals surface area contributed by atoms with Gasteiger partial charge in [-0.05, 0) is 32.1 Å². The van der Waals surface area contributed by atoms with Crippen LogP contribution in [0.5, 0.6) is 0 Å². The molecule has 17 heavy (non-hydrogen) atoms. The molecule has 0 aliphatic carbocycles. The van der Waals surface area contributed by atoms with Crippen molar-refractivity contribution in [2.75, 3.05) is 10.6 Å². The Morgan fingerprint density at radius 2 is 1.82 bits per heavy atom. The third-order valence-electron chi connectivity index (χ3n) is 2.65. The molecule has 1 aliphatic heterocycles. The molecule has 1 aromatic carbocycles. The van der Waals surface area contributed by atoms with Crippen molar-refractivity contribution in [3.63, 3.8) is 0 Å². The SMILES string of the molecule is C\C=C/C=C(C)/C=C/C1Nc2ccccc2N1. The smallest absolute Gasteiger partial charge is 0.116 e. The number of hydrogen-bond acceptors (Lipinski definition) is 2. The molecule has 1 aromatic rings. The highest BCUT2D eigenvalue weighted by Crippen LogP contribution is 2.28. The Morgan fingerprint density at radius 1 is 1.18 bits per heavy atom. The maximum absolute atomic E-state index is 3.40. The lowest BCUT2D eigenvalue weighted by Crippen LogP contribution is -2.18. The predicted molar refractivity (Wildman–Crippen MR) is 75.2 cm³/mol. The van der Waals surface area contributed by atoms with Crippen LogP contribution in [0.15, 0.2) is 60.2 Å². The normalized spacial score (nSPS) is 16.2. The first-order valence-corrected chi connectivity index (χ1v) is 5.89. The summed E-state index contributed by atoms with van der Waals surface area (Å²) in [5.41, 5.74) is 3.57. The van der Waals surface area contributed by atoms with E-state index < -0.39 is 0 Å². The average molecular weight is 226 g/mol. The van der Waals surface area contributed by atoms with Gasteiger partial charge in [0.1, 0.15) is 6.17 Å². The van der Waals surface area contributed by atoms with Crippen LogP contribution in [0.2, 0.25) is 0 Å². The summed E-state index contributed by atoms with van der Waals surface area (Å²) in [6, 6.07) is 8.24. The van der Waals surface area contributed by atoms with Crippen molar-refractivity contribution in [1.82, 2.24) is 0 Å². The van der Waals surface area contributed by atoms with E-state index in [9.17, 15) is 0 Å². The van der Waals surface area contributed by atoms with Gasteiger partial charge in [-0.1, -0.05) is 42.0 Å². The van der Waals surface area contributed by atoms with Crippen molar-refractivity contribution >= 4 is 11.4 Å². The number of nitrogens with one attached hydrogen (secondary N) is 2. The molecule has 0 aromatic heterocycles. The van der Waals surface area contributed by atoms with Crippen LogP contribution < -0.4 is 10.6 Å². The third-order valence-corrected chi connectivity index (χ3v) is 2.65. The molecule has 2 nitrogen and oxygen atoms in total. The number of para-hydroxylation sites is 2. The first-order chi connectivity index (χ1) is 8.29. The van der Waals surface area contributed by atoms with Crippen LogP contribution in [-0.4, -0.2) is 6.17 Å². The van der Waals surface area contributed by atoms with Crippen LogP contribution in [0, 0.1) is 0 Å². The Balaban J connectivity index is 1.98. The molecule has 0 saturated heterocycles. The monoisotopic (exact) mass is 226 g/mol. The van der Waals surface area contributed by atoms with E-state index in [0.717, 1.165) is 11.4 Å². The quantitative estimate of drug-likeness (QED) is 0.763. The molecular weight excluding hydrogens is 208 g/mol. The highest BCUT2D eigenvalue weighted by atomic mass is 15.2. The molecule has 2 heteroatoms. The van der Waals surface area contributed by atoms with Gasteiger partial charge in [0.2, 0.25) is 0 Å². The second kappa shape index (κ2) is 5.39. The second-order valence-electron chi connectivity index (χ2n) is 4.11. The maximum Gasteiger partial charge on any atom is 0.116 e. The molecule has 0 spiro atoms. The van der Waals surface area contributed by atoms with Gasteiger partial charge in [0.05, 0.1) is 11.4 Å². The zero-order chi connectivity index (χ0) is 12.1. The van der Waals surface area contributed by atoms with Crippen LogP contribution in [0.1, 0.15) is 13.8 Å². The Kier molecular flexibility index (Phi) is 3.66. The lowest BCUT2D eigenvalue weighted by molar-refractivity contribution is 1.06. The summed E-state index contributed by atoms with van der Waals surface area (Å²) < 4.78 is 0. The van der Waals surface area contributed by atoms with E-state index in [1.165, 1.54) is 5.57 Å². The van der Waals surface area contributed by atoms with E-state index in [1.54, 1.807) is 0 Å². The molecule has 2 rings (SSSR count). The number of fused-ring (bicyclic) bond motifs is 1. The maximum atomic E-state index is 3.40. The van der Waals surface area contributed by atoms with Crippen molar-refractivity contribution in [1.29, 1.82) is 0 Å². The van der Waals surface area contributed by atoms with E-state index >= 15 is 0 Å². The summed E-state index contributed by atoms with van der Waals surface area (Å²) in [6.45, 7) is 4.11. The zero-order valence-electron chi connectivity index (χ0n) is 10.3. The summed E-state index contributed by atoms with van der Waals surface area (Å²) in [4.78, 5) is 0. The molecule has 1 aliphatic rings. The van der Waals surface area contributed by atoms with Gasteiger partial charge in [-0.3, -0.25) is 0 Å². The third kappa shape index (κ3) is 3.00. The minimum atomic E-state index is 0.182. The lowest BCUT2D eigenvalue weighted by atomic mass is 10.2. The molecule has 0 amide bonds. The molecule has 0 bridgehead atoms. The highest BCUT2D eigenvalue weighted by molar-refractivity contribution is 5.74. The second-order valence-corrected chi connectivity index (χ2v) is 4.11. The van der Waals surface area contributed by atoms with E-state index in [1.807, 2.05) is 31.2 Å². The number of rotatable bonds is 3. The van der Waals surface area contributed by atoms with E-state index in [2.05, 4.69) is 47.9 Å². The molecule has 1 heterocycles. The summed E-state index contributed by atoms with van der Waals surface area (Å²) in [5.74, 6) is 0. The Bertz CT molecular complexity index is 445. The van der Waals surface area contributed by atoms with Crippen LogP contribution in [-0.2, 0) is 0 Å². The van der Waals surface area contributed by atoms with E-state index in [-0.39, 0.29) is 6.17 Å². The van der Waals surface area contributed by atoms with Crippen molar-refractivity contribution < 1.29 is 0 Å². The topological polar surface area (TPSA) is 24.1 Å². The lowest BCUT2D eigenvalue weighted by Gasteiger charge is -2.05. The molecule has 0 radical (unpaired) electrons. The fraction of sp³-hybridized carbons (Fsp3) is 0.200. The first kappa shape index (κ1) is 11.5. The minimum absolute atomic E-state index is 0.182. The van der Waals surface area contributed by atoms with Gasteiger partial charge in [0, 0.05) is 0 Å². The minimum Gasteiger partial charge on any atom is -0.360 e. The van der Waals surface area contributed by atoms with Crippen LogP contribution in [0.25, 0.3) is 0 Å². The fourth-order valence-corrected chi connectivity index (χ4v) is 1.75. The van der Waals surface area contributed by atoms with Crippen molar-refractivity contribution in [2.24, 2.45) is 0 Å². The average Bonchev–Trinajstić information content (AvgIpc) is 2.76. The summed E-state index contributed by atoms with van der Waals surface area (Å²) >= 11 is 0. The Morgan fingerprint density at radius 3 is 2.41 bits per heavy atom. The molecule has 0 atom stereocenters. The Hall–Kier alpha value is -1.96. The summed E-state index contributed by atoms with van der Waals surface area (Å²) in [5, 5.41) is 6.81. The Labute approximate surface area is 103 Å².